The highest BCUT2D eigenvalue weighted by Crippen LogP contribution is 2.14. The van der Waals surface area contributed by atoms with Gasteiger partial charge < -0.3 is 10.6 Å². The molecule has 2 N–H and O–H groups in total. The molecule has 0 saturated carbocycles. The Morgan fingerprint density at radius 1 is 1.19 bits per heavy atom. The molecule has 1 aromatic carbocycles. The predicted octanol–water partition coefficient (Wildman–Crippen LogP) is 2.53. The highest BCUT2D eigenvalue weighted by molar-refractivity contribution is 7.98. The van der Waals surface area contributed by atoms with E-state index in [-0.39, 0.29) is 5.91 Å². The second-order valence-corrected chi connectivity index (χ2v) is 6.40. The third-order valence-corrected chi connectivity index (χ3v) is 4.38. The molecule has 3 rings (SSSR count). The summed E-state index contributed by atoms with van der Waals surface area (Å²) in [4.78, 5) is 22.0. The maximum atomic E-state index is 12.1. The van der Waals surface area contributed by atoms with Crippen LogP contribution in [0.5, 0.6) is 0 Å². The van der Waals surface area contributed by atoms with E-state index in [9.17, 15) is 4.79 Å². The average molecular weight is 368 g/mol. The number of nitrogens with one attached hydrogen (secondary N) is 2. The van der Waals surface area contributed by atoms with E-state index in [4.69, 9.17) is 0 Å². The Morgan fingerprint density at radius 2 is 2.00 bits per heavy atom. The number of amides is 1. The first-order valence-corrected chi connectivity index (χ1v) is 9.40. The molecule has 134 valence electrons. The van der Waals surface area contributed by atoms with Gasteiger partial charge in [0.05, 0.1) is 0 Å². The molecule has 26 heavy (non-hydrogen) atoms. The van der Waals surface area contributed by atoms with Crippen LogP contribution in [-0.4, -0.2) is 45.0 Å². The first-order chi connectivity index (χ1) is 12.7. The van der Waals surface area contributed by atoms with E-state index in [1.165, 1.54) is 0 Å². The zero-order chi connectivity index (χ0) is 18.4. The third kappa shape index (κ3) is 4.60. The number of aromatic nitrogens is 4. The van der Waals surface area contributed by atoms with Gasteiger partial charge in [0.25, 0.3) is 5.91 Å². The van der Waals surface area contributed by atoms with Gasteiger partial charge in [0.1, 0.15) is 11.6 Å². The minimum atomic E-state index is -0.0875. The summed E-state index contributed by atoms with van der Waals surface area (Å²) in [6, 6.07) is 11.2. The van der Waals surface area contributed by atoms with Gasteiger partial charge in [-0.3, -0.25) is 4.79 Å². The van der Waals surface area contributed by atoms with E-state index in [1.807, 2.05) is 55.8 Å². The molecular formula is C18H20N6OS. The van der Waals surface area contributed by atoms with Gasteiger partial charge in [-0.2, -0.15) is 5.10 Å². The maximum absolute atomic E-state index is 12.1. The summed E-state index contributed by atoms with van der Waals surface area (Å²) in [6.07, 6.45) is 5.53. The van der Waals surface area contributed by atoms with Crippen molar-refractivity contribution in [3.05, 3.63) is 60.2 Å². The first kappa shape index (κ1) is 17.9. The van der Waals surface area contributed by atoms with Crippen molar-refractivity contribution in [1.29, 1.82) is 0 Å². The van der Waals surface area contributed by atoms with Gasteiger partial charge in [-0.1, -0.05) is 0 Å². The molecule has 2 aromatic heterocycles. The quantitative estimate of drug-likeness (QED) is 0.492. The Hall–Kier alpha value is -2.87. The summed E-state index contributed by atoms with van der Waals surface area (Å²) in [5.74, 6) is 1.96. The second kappa shape index (κ2) is 8.48. The third-order valence-electron chi connectivity index (χ3n) is 3.63. The summed E-state index contributed by atoms with van der Waals surface area (Å²) >= 11 is 1.65. The number of hydrogen-bond donors (Lipinski definition) is 2. The molecular weight excluding hydrogens is 348 g/mol. The van der Waals surface area contributed by atoms with Crippen LogP contribution in [-0.2, 0) is 0 Å². The maximum Gasteiger partial charge on any atom is 0.251 e. The molecule has 0 aliphatic carbocycles. The Kier molecular flexibility index (Phi) is 5.85. The van der Waals surface area contributed by atoms with Crippen molar-refractivity contribution < 1.29 is 4.79 Å². The summed E-state index contributed by atoms with van der Waals surface area (Å²) in [7, 11) is 0. The van der Waals surface area contributed by atoms with Crippen molar-refractivity contribution >= 4 is 23.5 Å². The van der Waals surface area contributed by atoms with Crippen LogP contribution in [0, 0.1) is 6.92 Å². The number of rotatable bonds is 7. The van der Waals surface area contributed by atoms with Crippen molar-refractivity contribution in [1.82, 2.24) is 25.1 Å². The molecule has 3 aromatic rings. The molecule has 0 spiro atoms. The zero-order valence-corrected chi connectivity index (χ0v) is 15.5. The van der Waals surface area contributed by atoms with E-state index >= 15 is 0 Å². The van der Waals surface area contributed by atoms with Crippen LogP contribution in [0.4, 0.5) is 5.82 Å². The first-order valence-electron chi connectivity index (χ1n) is 8.17. The lowest BCUT2D eigenvalue weighted by Crippen LogP contribution is -2.28. The van der Waals surface area contributed by atoms with Crippen LogP contribution in [0.25, 0.3) is 5.82 Å². The molecule has 0 aliphatic heterocycles. The zero-order valence-electron chi connectivity index (χ0n) is 14.6. The van der Waals surface area contributed by atoms with Crippen LogP contribution < -0.4 is 10.6 Å². The molecule has 7 nitrogen and oxygen atoms in total. The largest absolute Gasteiger partial charge is 0.368 e. The monoisotopic (exact) mass is 368 g/mol. The SMILES string of the molecule is CSc1ccc(C(=O)NCCNc2cc(-n3cccn3)nc(C)n2)cc1. The summed E-state index contributed by atoms with van der Waals surface area (Å²) in [5, 5.41) is 10.3. The van der Waals surface area contributed by atoms with E-state index in [0.717, 1.165) is 4.90 Å². The lowest BCUT2D eigenvalue weighted by atomic mass is 10.2. The van der Waals surface area contributed by atoms with Gasteiger partial charge in [0.15, 0.2) is 5.82 Å². The Balaban J connectivity index is 1.52. The number of nitrogens with zero attached hydrogens (tertiary/aromatic N) is 4. The number of carbonyl (C=O) groups is 1. The van der Waals surface area contributed by atoms with E-state index in [0.29, 0.717) is 36.1 Å². The van der Waals surface area contributed by atoms with E-state index in [1.54, 1.807) is 22.6 Å². The number of benzene rings is 1. The number of aryl methyl sites for hydroxylation is 1. The number of hydrogen-bond acceptors (Lipinski definition) is 6. The average Bonchev–Trinajstić information content (AvgIpc) is 3.19. The Morgan fingerprint density at radius 3 is 2.69 bits per heavy atom. The summed E-state index contributed by atoms with van der Waals surface area (Å²) in [6.45, 7) is 2.88. The van der Waals surface area contributed by atoms with Crippen LogP contribution in [0.2, 0.25) is 0 Å². The van der Waals surface area contributed by atoms with Gasteiger partial charge in [-0.05, 0) is 43.5 Å². The smallest absolute Gasteiger partial charge is 0.251 e. The van der Waals surface area contributed by atoms with Crippen molar-refractivity contribution in [2.24, 2.45) is 0 Å². The van der Waals surface area contributed by atoms with Gasteiger partial charge in [0, 0.05) is 42.0 Å². The van der Waals surface area contributed by atoms with Crippen LogP contribution in [0.15, 0.2) is 53.7 Å². The van der Waals surface area contributed by atoms with Crippen molar-refractivity contribution in [3.8, 4) is 5.82 Å². The topological polar surface area (TPSA) is 84.7 Å². The normalized spacial score (nSPS) is 10.5. The molecule has 0 fully saturated rings. The van der Waals surface area contributed by atoms with Gasteiger partial charge in [-0.25, -0.2) is 14.6 Å². The molecule has 0 saturated heterocycles. The summed E-state index contributed by atoms with van der Waals surface area (Å²) in [5.41, 5.74) is 0.654. The van der Waals surface area contributed by atoms with Crippen LogP contribution in [0.3, 0.4) is 0 Å². The fraction of sp³-hybridized carbons (Fsp3) is 0.222. The second-order valence-electron chi connectivity index (χ2n) is 5.52. The van der Waals surface area contributed by atoms with Crippen molar-refractivity contribution in [3.63, 3.8) is 0 Å². The number of anilines is 1. The number of thioether (sulfide) groups is 1. The fourth-order valence-corrected chi connectivity index (χ4v) is 2.78. The fourth-order valence-electron chi connectivity index (χ4n) is 2.38. The van der Waals surface area contributed by atoms with E-state index < -0.39 is 0 Å². The molecule has 0 unspecified atom stereocenters. The van der Waals surface area contributed by atoms with Crippen LogP contribution in [0.1, 0.15) is 16.2 Å². The predicted molar refractivity (Wildman–Crippen MR) is 103 cm³/mol. The highest BCUT2D eigenvalue weighted by atomic mass is 32.2. The molecule has 0 radical (unpaired) electrons. The molecule has 0 atom stereocenters. The number of carbonyl (C=O) groups excluding carboxylic acids is 1. The standard InChI is InChI=1S/C18H20N6OS/c1-13-22-16(12-17(23-13)24-11-3-8-21-24)19-9-10-20-18(25)14-4-6-15(26-2)7-5-14/h3-8,11-12H,9-10H2,1-2H3,(H,20,25)(H,19,22,23). The minimum Gasteiger partial charge on any atom is -0.368 e. The highest BCUT2D eigenvalue weighted by Gasteiger charge is 2.06. The molecule has 8 heteroatoms. The minimum absolute atomic E-state index is 0.0875. The van der Waals surface area contributed by atoms with Gasteiger partial charge in [0.2, 0.25) is 0 Å². The van der Waals surface area contributed by atoms with Crippen LogP contribution >= 0.6 is 11.8 Å². The van der Waals surface area contributed by atoms with E-state index in [2.05, 4.69) is 25.7 Å². The molecule has 1 amide bonds. The Labute approximate surface area is 156 Å². The van der Waals surface area contributed by atoms with Crippen molar-refractivity contribution in [2.45, 2.75) is 11.8 Å². The molecule has 0 bridgehead atoms. The molecule has 2 heterocycles. The van der Waals surface area contributed by atoms with Gasteiger partial charge >= 0.3 is 0 Å². The molecule has 0 aliphatic rings. The Bertz CT molecular complexity index is 864. The lowest BCUT2D eigenvalue weighted by Gasteiger charge is -2.10. The van der Waals surface area contributed by atoms with Crippen molar-refractivity contribution in [2.75, 3.05) is 24.7 Å². The lowest BCUT2D eigenvalue weighted by molar-refractivity contribution is 0.0955. The van der Waals surface area contributed by atoms with Gasteiger partial charge in [-0.15, -0.1) is 11.8 Å². The summed E-state index contributed by atoms with van der Waals surface area (Å²) < 4.78 is 1.68.